The zero-order valence-electron chi connectivity index (χ0n) is 28.4. The lowest BCUT2D eigenvalue weighted by molar-refractivity contribution is 0.760. The molecule has 0 bridgehead atoms. The van der Waals surface area contributed by atoms with Crippen LogP contribution < -0.4 is 0 Å². The second-order valence-electron chi connectivity index (χ2n) is 13.0. The van der Waals surface area contributed by atoms with Crippen molar-refractivity contribution >= 4 is 66.5 Å². The normalized spacial score (nSPS) is 12.6. The minimum absolute atomic E-state index is 0.674. The van der Waals surface area contributed by atoms with Gasteiger partial charge in [0.2, 0.25) is 0 Å². The molecule has 6 aromatic heterocycles. The van der Waals surface area contributed by atoms with Crippen LogP contribution in [-0.4, -0.2) is 29.1 Å². The van der Waals surface area contributed by atoms with Crippen molar-refractivity contribution in [2.75, 3.05) is 0 Å². The second-order valence-corrected chi connectivity index (χ2v) is 14.9. The van der Waals surface area contributed by atoms with Gasteiger partial charge < -0.3 is 0 Å². The van der Waals surface area contributed by atoms with Crippen molar-refractivity contribution in [2.24, 2.45) is 0 Å². The van der Waals surface area contributed by atoms with Crippen LogP contribution in [0, 0.1) is 22.7 Å². The van der Waals surface area contributed by atoms with E-state index in [0.717, 1.165) is 77.5 Å². The predicted molar refractivity (Wildman–Crippen MR) is 216 cm³/mol. The molecular weight excluding hydrogens is 705 g/mol. The Morgan fingerprint density at radius 3 is 1.33 bits per heavy atom. The SMILES string of the molecule is N#CC(c1ccc(-n2cnc3cnc4ccc(-c5cccs5)cc4c32)cc1)C(C#N)c1ccc(-n2cnc3cnc4ccc(-c5cccs5)cc4c32)cc1. The molecular formula is C44H26N8S2. The summed E-state index contributed by atoms with van der Waals surface area (Å²) in [7, 11) is 0. The first-order valence-corrected chi connectivity index (χ1v) is 19.0. The number of aromatic nitrogens is 6. The van der Waals surface area contributed by atoms with Gasteiger partial charge in [0.15, 0.2) is 0 Å². The van der Waals surface area contributed by atoms with Gasteiger partial charge >= 0.3 is 0 Å². The molecule has 0 amide bonds. The van der Waals surface area contributed by atoms with Crippen LogP contribution in [0.5, 0.6) is 0 Å². The maximum atomic E-state index is 10.4. The molecule has 254 valence electrons. The molecule has 54 heavy (non-hydrogen) atoms. The van der Waals surface area contributed by atoms with Crippen LogP contribution in [0.3, 0.4) is 0 Å². The van der Waals surface area contributed by atoms with Crippen LogP contribution in [0.4, 0.5) is 0 Å². The first-order chi connectivity index (χ1) is 26.7. The summed E-state index contributed by atoms with van der Waals surface area (Å²) in [6.07, 6.45) is 7.23. The van der Waals surface area contributed by atoms with Crippen LogP contribution in [0.1, 0.15) is 23.0 Å². The summed E-state index contributed by atoms with van der Waals surface area (Å²) >= 11 is 3.41. The zero-order valence-corrected chi connectivity index (χ0v) is 30.0. The van der Waals surface area contributed by atoms with E-state index in [1.807, 2.05) is 61.2 Å². The van der Waals surface area contributed by atoms with Crippen molar-refractivity contribution in [1.82, 2.24) is 29.1 Å². The van der Waals surface area contributed by atoms with E-state index >= 15 is 0 Å². The van der Waals surface area contributed by atoms with Crippen molar-refractivity contribution in [3.63, 3.8) is 0 Å². The highest BCUT2D eigenvalue weighted by Gasteiger charge is 2.25. The van der Waals surface area contributed by atoms with Crippen molar-refractivity contribution in [1.29, 1.82) is 10.5 Å². The summed E-state index contributed by atoms with van der Waals surface area (Å²) in [5.74, 6) is -1.35. The van der Waals surface area contributed by atoms with Gasteiger partial charge in [-0.1, -0.05) is 48.5 Å². The first-order valence-electron chi connectivity index (χ1n) is 17.3. The van der Waals surface area contributed by atoms with Gasteiger partial charge in [-0.15, -0.1) is 22.7 Å². The molecule has 0 N–H and O–H groups in total. The molecule has 2 atom stereocenters. The summed E-state index contributed by atoms with van der Waals surface area (Å²) in [6.45, 7) is 0. The Hall–Kier alpha value is -6.98. The number of hydrogen-bond acceptors (Lipinski definition) is 8. The molecule has 2 unspecified atom stereocenters. The van der Waals surface area contributed by atoms with E-state index in [2.05, 4.69) is 113 Å². The van der Waals surface area contributed by atoms with E-state index in [1.54, 1.807) is 35.1 Å². The molecule has 10 rings (SSSR count). The molecule has 0 aliphatic carbocycles. The first kappa shape index (κ1) is 31.7. The molecule has 0 aliphatic heterocycles. The Labute approximate surface area is 317 Å². The quantitative estimate of drug-likeness (QED) is 0.161. The molecule has 6 heterocycles. The molecule has 0 spiro atoms. The Bertz CT molecular complexity index is 2860. The standard InChI is InChI=1S/C44H26N8S2/c45-21-35(27-5-11-31(12-6-27)51-25-49-39-23-47-37-15-9-29(19-33(37)43(39)51)41-3-1-17-53-41)36(22-46)28-7-13-32(14-8-28)52-26-50-40-24-48-38-16-10-30(20-34(38)44(40)52)42-4-2-18-54-42/h1-20,23-26,35-36H. The van der Waals surface area contributed by atoms with Crippen molar-refractivity contribution in [3.8, 4) is 44.4 Å². The average molecular weight is 731 g/mol. The fourth-order valence-corrected chi connectivity index (χ4v) is 8.79. The fourth-order valence-electron chi connectivity index (χ4n) is 7.34. The Morgan fingerprint density at radius 1 is 0.500 bits per heavy atom. The van der Waals surface area contributed by atoms with Gasteiger partial charge in [-0.05, 0) is 93.7 Å². The number of nitriles is 2. The van der Waals surface area contributed by atoms with E-state index in [1.165, 1.54) is 9.75 Å². The third-order valence-electron chi connectivity index (χ3n) is 10.0. The number of benzene rings is 4. The molecule has 0 fully saturated rings. The van der Waals surface area contributed by atoms with Crippen molar-refractivity contribution in [2.45, 2.75) is 11.8 Å². The highest BCUT2D eigenvalue weighted by molar-refractivity contribution is 7.13. The van der Waals surface area contributed by atoms with E-state index in [-0.39, 0.29) is 0 Å². The molecule has 4 aromatic carbocycles. The summed E-state index contributed by atoms with van der Waals surface area (Å²) in [6, 6.07) is 41.6. The highest BCUT2D eigenvalue weighted by atomic mass is 32.1. The molecule has 8 nitrogen and oxygen atoms in total. The van der Waals surface area contributed by atoms with Gasteiger partial charge in [-0.2, -0.15) is 10.5 Å². The maximum Gasteiger partial charge on any atom is 0.108 e. The van der Waals surface area contributed by atoms with Gasteiger partial charge in [0.25, 0.3) is 0 Å². The molecule has 0 radical (unpaired) electrons. The summed E-state index contributed by atoms with van der Waals surface area (Å²) in [4.78, 5) is 21.0. The third kappa shape index (κ3) is 5.24. The number of hydrogen-bond donors (Lipinski definition) is 0. The van der Waals surface area contributed by atoms with E-state index in [0.29, 0.717) is 0 Å². The monoisotopic (exact) mass is 730 g/mol. The Kier molecular flexibility index (Phi) is 7.58. The van der Waals surface area contributed by atoms with Crippen LogP contribution in [0.15, 0.2) is 145 Å². The largest absolute Gasteiger partial charge is 0.298 e. The lowest BCUT2D eigenvalue weighted by Gasteiger charge is -2.18. The number of pyridine rings is 2. The van der Waals surface area contributed by atoms with Gasteiger partial charge in [0.1, 0.15) is 23.7 Å². The zero-order chi connectivity index (χ0) is 36.2. The van der Waals surface area contributed by atoms with E-state index in [9.17, 15) is 10.5 Å². The lowest BCUT2D eigenvalue weighted by Crippen LogP contribution is -2.09. The average Bonchev–Trinajstić information content (AvgIpc) is 4.07. The Morgan fingerprint density at radius 2 is 0.944 bits per heavy atom. The van der Waals surface area contributed by atoms with Crippen LogP contribution in [-0.2, 0) is 0 Å². The van der Waals surface area contributed by atoms with Crippen LogP contribution in [0.2, 0.25) is 0 Å². The van der Waals surface area contributed by atoms with E-state index in [4.69, 9.17) is 0 Å². The smallest absolute Gasteiger partial charge is 0.108 e. The summed E-state index contributed by atoms with van der Waals surface area (Å²) in [5, 5.41) is 27.1. The van der Waals surface area contributed by atoms with Crippen molar-refractivity contribution < 1.29 is 0 Å². The van der Waals surface area contributed by atoms with Gasteiger partial charge in [0.05, 0.1) is 58.4 Å². The molecule has 10 aromatic rings. The number of imidazole rings is 2. The Balaban J connectivity index is 0.964. The lowest BCUT2D eigenvalue weighted by atomic mass is 9.83. The molecule has 0 aliphatic rings. The number of rotatable bonds is 7. The summed E-state index contributed by atoms with van der Waals surface area (Å²) < 4.78 is 4.12. The van der Waals surface area contributed by atoms with Gasteiger partial charge in [-0.25, -0.2) is 9.97 Å². The number of thiophene rings is 2. The number of fused-ring (bicyclic) bond motifs is 6. The molecule has 10 heteroatoms. The summed E-state index contributed by atoms with van der Waals surface area (Å²) in [5.41, 5.74) is 10.9. The molecule has 0 saturated carbocycles. The maximum absolute atomic E-state index is 10.4. The minimum Gasteiger partial charge on any atom is -0.298 e. The fraction of sp³-hybridized carbons (Fsp3) is 0.0455. The van der Waals surface area contributed by atoms with Crippen LogP contribution in [0.25, 0.3) is 76.1 Å². The van der Waals surface area contributed by atoms with E-state index < -0.39 is 11.8 Å². The second kappa shape index (κ2) is 12.9. The molecule has 0 saturated heterocycles. The third-order valence-corrected chi connectivity index (χ3v) is 11.9. The predicted octanol–water partition coefficient (Wildman–Crippen LogP) is 10.8. The van der Waals surface area contributed by atoms with Crippen LogP contribution >= 0.6 is 22.7 Å². The highest BCUT2D eigenvalue weighted by Crippen LogP contribution is 2.36. The minimum atomic E-state index is -0.674. The van der Waals surface area contributed by atoms with Gasteiger partial charge in [-0.3, -0.25) is 19.1 Å². The van der Waals surface area contributed by atoms with Crippen molar-refractivity contribution in [3.05, 3.63) is 156 Å². The topological polar surface area (TPSA) is 109 Å². The number of nitrogens with zero attached hydrogens (tertiary/aromatic N) is 8. The van der Waals surface area contributed by atoms with Gasteiger partial charge in [0, 0.05) is 31.9 Å².